The first-order chi connectivity index (χ1) is 13.1. The summed E-state index contributed by atoms with van der Waals surface area (Å²) in [6, 6.07) is 15.3. The molecule has 1 heterocycles. The minimum Gasteiger partial charge on any atom is -0.410 e. The molecular weight excluding hydrogens is 340 g/mol. The maximum absolute atomic E-state index is 12.5. The SMILES string of the molecule is CCN(C)C(=O)Oc1ccc(/C=C/C(=O)N2CCc3ccccc3C2)cc1. The van der Waals surface area contributed by atoms with Crippen molar-refractivity contribution in [2.24, 2.45) is 0 Å². The van der Waals surface area contributed by atoms with Gasteiger partial charge in [-0.3, -0.25) is 4.79 Å². The summed E-state index contributed by atoms with van der Waals surface area (Å²) in [5, 5.41) is 0. The lowest BCUT2D eigenvalue weighted by Gasteiger charge is -2.27. The number of rotatable bonds is 4. The molecule has 0 spiro atoms. The molecular formula is C22H24N2O3. The first kappa shape index (κ1) is 18.7. The van der Waals surface area contributed by atoms with Crippen LogP contribution in [0.15, 0.2) is 54.6 Å². The molecule has 0 aromatic heterocycles. The fraction of sp³-hybridized carbons (Fsp3) is 0.273. The maximum Gasteiger partial charge on any atom is 0.414 e. The molecule has 0 fully saturated rings. The van der Waals surface area contributed by atoms with Gasteiger partial charge in [-0.05, 0) is 48.2 Å². The van der Waals surface area contributed by atoms with Crippen LogP contribution in [-0.4, -0.2) is 41.9 Å². The Morgan fingerprint density at radius 3 is 2.52 bits per heavy atom. The zero-order valence-corrected chi connectivity index (χ0v) is 15.7. The first-order valence-corrected chi connectivity index (χ1v) is 9.13. The smallest absolute Gasteiger partial charge is 0.410 e. The third-order valence-electron chi connectivity index (χ3n) is 4.73. The van der Waals surface area contributed by atoms with Crippen molar-refractivity contribution in [3.05, 3.63) is 71.3 Å². The molecule has 0 radical (unpaired) electrons. The van der Waals surface area contributed by atoms with Crippen molar-refractivity contribution in [1.82, 2.24) is 9.80 Å². The molecule has 1 aliphatic heterocycles. The molecule has 2 amide bonds. The summed E-state index contributed by atoms with van der Waals surface area (Å²) in [7, 11) is 1.68. The van der Waals surface area contributed by atoms with Crippen molar-refractivity contribution >= 4 is 18.1 Å². The summed E-state index contributed by atoms with van der Waals surface area (Å²) >= 11 is 0. The Bertz CT molecular complexity index is 843. The van der Waals surface area contributed by atoms with Crippen LogP contribution >= 0.6 is 0 Å². The highest BCUT2D eigenvalue weighted by atomic mass is 16.6. The predicted molar refractivity (Wildman–Crippen MR) is 105 cm³/mol. The number of hydrogen-bond donors (Lipinski definition) is 0. The molecule has 2 aromatic rings. The normalized spacial score (nSPS) is 13.3. The standard InChI is InChI=1S/C22H24N2O3/c1-3-23(2)22(26)27-20-11-8-17(9-12-20)10-13-21(25)24-15-14-18-6-4-5-7-19(18)16-24/h4-13H,3,14-16H2,1-2H3/b13-10+. The van der Waals surface area contributed by atoms with Crippen molar-refractivity contribution < 1.29 is 14.3 Å². The van der Waals surface area contributed by atoms with E-state index in [9.17, 15) is 9.59 Å². The molecule has 0 aliphatic carbocycles. The number of nitrogens with zero attached hydrogens (tertiary/aromatic N) is 2. The second-order valence-electron chi connectivity index (χ2n) is 6.56. The van der Waals surface area contributed by atoms with Gasteiger partial charge in [0, 0.05) is 32.8 Å². The van der Waals surface area contributed by atoms with Gasteiger partial charge in [0.2, 0.25) is 5.91 Å². The van der Waals surface area contributed by atoms with E-state index in [0.29, 0.717) is 18.8 Å². The summed E-state index contributed by atoms with van der Waals surface area (Å²) in [6.45, 7) is 3.86. The molecule has 1 aliphatic rings. The van der Waals surface area contributed by atoms with E-state index >= 15 is 0 Å². The van der Waals surface area contributed by atoms with Crippen molar-refractivity contribution in [2.75, 3.05) is 20.1 Å². The quantitative estimate of drug-likeness (QED) is 0.777. The Hall–Kier alpha value is -3.08. The number of carbonyl (C=O) groups is 2. The molecule has 5 heteroatoms. The highest BCUT2D eigenvalue weighted by Gasteiger charge is 2.18. The van der Waals surface area contributed by atoms with E-state index in [1.807, 2.05) is 36.1 Å². The van der Waals surface area contributed by atoms with E-state index in [4.69, 9.17) is 4.74 Å². The van der Waals surface area contributed by atoms with Gasteiger partial charge in [0.1, 0.15) is 5.75 Å². The molecule has 0 saturated heterocycles. The van der Waals surface area contributed by atoms with Gasteiger partial charge in [-0.1, -0.05) is 36.4 Å². The number of fused-ring (bicyclic) bond motifs is 1. The minimum absolute atomic E-state index is 0.00424. The van der Waals surface area contributed by atoms with Crippen molar-refractivity contribution in [2.45, 2.75) is 19.9 Å². The lowest BCUT2D eigenvalue weighted by atomic mass is 10.00. The van der Waals surface area contributed by atoms with Crippen LogP contribution in [0.25, 0.3) is 6.08 Å². The third kappa shape index (κ3) is 4.76. The van der Waals surface area contributed by atoms with E-state index < -0.39 is 0 Å². The number of carbonyl (C=O) groups excluding carboxylic acids is 2. The predicted octanol–water partition coefficient (Wildman–Crippen LogP) is 3.74. The third-order valence-corrected chi connectivity index (χ3v) is 4.73. The van der Waals surface area contributed by atoms with Gasteiger partial charge in [-0.2, -0.15) is 0 Å². The Morgan fingerprint density at radius 1 is 1.11 bits per heavy atom. The second-order valence-corrected chi connectivity index (χ2v) is 6.56. The summed E-state index contributed by atoms with van der Waals surface area (Å²) < 4.78 is 5.26. The highest BCUT2D eigenvalue weighted by molar-refractivity contribution is 5.92. The van der Waals surface area contributed by atoms with Gasteiger partial charge >= 0.3 is 6.09 Å². The van der Waals surface area contributed by atoms with Crippen LogP contribution in [0.3, 0.4) is 0 Å². The second kappa shape index (κ2) is 8.54. The number of benzene rings is 2. The Morgan fingerprint density at radius 2 is 1.81 bits per heavy atom. The molecule has 0 saturated carbocycles. The Labute approximate surface area is 159 Å². The minimum atomic E-state index is -0.388. The van der Waals surface area contributed by atoms with E-state index in [0.717, 1.165) is 18.5 Å². The Kier molecular flexibility index (Phi) is 5.91. The molecule has 5 nitrogen and oxygen atoms in total. The van der Waals surface area contributed by atoms with Crippen molar-refractivity contribution in [3.8, 4) is 5.75 Å². The molecule has 0 N–H and O–H groups in total. The molecule has 3 rings (SSSR count). The largest absolute Gasteiger partial charge is 0.414 e. The summed E-state index contributed by atoms with van der Waals surface area (Å²) in [5.41, 5.74) is 3.42. The van der Waals surface area contributed by atoms with E-state index in [1.165, 1.54) is 16.0 Å². The molecule has 2 aromatic carbocycles. The summed E-state index contributed by atoms with van der Waals surface area (Å²) in [4.78, 5) is 27.6. The lowest BCUT2D eigenvalue weighted by Crippen LogP contribution is -2.34. The number of ether oxygens (including phenoxy) is 1. The molecule has 140 valence electrons. The van der Waals surface area contributed by atoms with E-state index in [2.05, 4.69) is 12.1 Å². The monoisotopic (exact) mass is 364 g/mol. The molecule has 0 unspecified atom stereocenters. The van der Waals surface area contributed by atoms with Gasteiger partial charge in [-0.25, -0.2) is 4.79 Å². The van der Waals surface area contributed by atoms with Crippen LogP contribution < -0.4 is 4.74 Å². The van der Waals surface area contributed by atoms with Crippen LogP contribution in [-0.2, 0) is 17.8 Å². The van der Waals surface area contributed by atoms with Crippen molar-refractivity contribution in [3.63, 3.8) is 0 Å². The van der Waals surface area contributed by atoms with Gasteiger partial charge in [-0.15, -0.1) is 0 Å². The number of hydrogen-bond acceptors (Lipinski definition) is 3. The van der Waals surface area contributed by atoms with Gasteiger partial charge in [0.25, 0.3) is 0 Å². The zero-order chi connectivity index (χ0) is 19.2. The van der Waals surface area contributed by atoms with E-state index in [-0.39, 0.29) is 12.0 Å². The zero-order valence-electron chi connectivity index (χ0n) is 15.7. The average molecular weight is 364 g/mol. The fourth-order valence-corrected chi connectivity index (χ4v) is 2.91. The lowest BCUT2D eigenvalue weighted by molar-refractivity contribution is -0.126. The van der Waals surface area contributed by atoms with Gasteiger partial charge in [0.15, 0.2) is 0 Å². The first-order valence-electron chi connectivity index (χ1n) is 9.13. The highest BCUT2D eigenvalue weighted by Crippen LogP contribution is 2.19. The van der Waals surface area contributed by atoms with E-state index in [1.54, 1.807) is 31.3 Å². The van der Waals surface area contributed by atoms with Gasteiger partial charge < -0.3 is 14.5 Å². The summed E-state index contributed by atoms with van der Waals surface area (Å²) in [5.74, 6) is 0.487. The fourth-order valence-electron chi connectivity index (χ4n) is 2.91. The number of amides is 2. The van der Waals surface area contributed by atoms with Crippen LogP contribution in [0.1, 0.15) is 23.6 Å². The maximum atomic E-state index is 12.5. The topological polar surface area (TPSA) is 49.9 Å². The van der Waals surface area contributed by atoms with Crippen LogP contribution in [0.5, 0.6) is 5.75 Å². The van der Waals surface area contributed by atoms with Crippen LogP contribution in [0.4, 0.5) is 4.79 Å². The van der Waals surface area contributed by atoms with Crippen molar-refractivity contribution in [1.29, 1.82) is 0 Å². The average Bonchev–Trinajstić information content (AvgIpc) is 2.71. The summed E-state index contributed by atoms with van der Waals surface area (Å²) in [6.07, 6.45) is 3.88. The Balaban J connectivity index is 1.58. The van der Waals surface area contributed by atoms with Crippen LogP contribution in [0, 0.1) is 0 Å². The van der Waals surface area contributed by atoms with Crippen LogP contribution in [0.2, 0.25) is 0 Å². The molecule has 27 heavy (non-hydrogen) atoms. The van der Waals surface area contributed by atoms with Gasteiger partial charge in [0.05, 0.1) is 0 Å². The molecule has 0 atom stereocenters. The molecule has 0 bridgehead atoms.